The summed E-state index contributed by atoms with van der Waals surface area (Å²) >= 11 is 0. The number of rotatable bonds is 1. The summed E-state index contributed by atoms with van der Waals surface area (Å²) in [5, 5.41) is 9.55. The van der Waals surface area contributed by atoms with Crippen LogP contribution in [0.1, 0.15) is 12.0 Å². The second kappa shape index (κ2) is 3.14. The Labute approximate surface area is 75.8 Å². The van der Waals surface area contributed by atoms with E-state index in [0.717, 1.165) is 18.4 Å². The summed E-state index contributed by atoms with van der Waals surface area (Å²) in [7, 11) is 0. The lowest BCUT2D eigenvalue weighted by molar-refractivity contribution is 0.277. The normalized spacial score (nSPS) is 14.5. The van der Waals surface area contributed by atoms with E-state index >= 15 is 0 Å². The van der Waals surface area contributed by atoms with Crippen LogP contribution in [0.15, 0.2) is 12.1 Å². The van der Waals surface area contributed by atoms with Gasteiger partial charge in [0.15, 0.2) is 5.75 Å². The lowest BCUT2D eigenvalue weighted by Crippen LogP contribution is -2.09. The summed E-state index contributed by atoms with van der Waals surface area (Å²) < 4.78 is 5.35. The molecule has 1 aromatic carbocycles. The third kappa shape index (κ3) is 1.40. The van der Waals surface area contributed by atoms with Crippen LogP contribution in [0.4, 0.5) is 0 Å². The summed E-state index contributed by atoms with van der Waals surface area (Å²) in [5.41, 5.74) is 0.840. The van der Waals surface area contributed by atoms with Gasteiger partial charge >= 0.3 is 0 Å². The Bertz CT molecular complexity index is 325. The number of phenolic OH excluding ortho intramolecular Hbond substituents is 1. The Balaban J connectivity index is 2.47. The maximum Gasteiger partial charge on any atom is 0.154 e. The van der Waals surface area contributed by atoms with E-state index in [1.54, 1.807) is 6.07 Å². The monoisotopic (exact) mass is 181 g/mol. The van der Waals surface area contributed by atoms with Crippen LogP contribution in [-0.4, -0.2) is 11.7 Å². The van der Waals surface area contributed by atoms with Gasteiger partial charge < -0.3 is 14.7 Å². The number of nitrogens with two attached hydrogens (primary N) is 1. The second-order valence-corrected chi connectivity index (χ2v) is 2.99. The average Bonchev–Trinajstić information content (AvgIpc) is 2.18. The molecule has 4 heteroatoms. The lowest BCUT2D eigenvalue weighted by Gasteiger charge is -2.18. The molecule has 1 aliphatic heterocycles. The summed E-state index contributed by atoms with van der Waals surface area (Å²) in [6.07, 6.45) is 1.77. The zero-order valence-electron chi connectivity index (χ0n) is 7.12. The first-order valence-electron chi connectivity index (χ1n) is 4.16. The zero-order valence-corrected chi connectivity index (χ0v) is 7.12. The van der Waals surface area contributed by atoms with E-state index in [4.69, 9.17) is 10.6 Å². The van der Waals surface area contributed by atoms with Gasteiger partial charge in [0.1, 0.15) is 11.5 Å². The molecule has 0 bridgehead atoms. The van der Waals surface area contributed by atoms with E-state index in [1.165, 1.54) is 6.07 Å². The minimum atomic E-state index is 0.192. The van der Waals surface area contributed by atoms with E-state index in [1.807, 2.05) is 0 Å². The van der Waals surface area contributed by atoms with Gasteiger partial charge in [-0.15, -0.1) is 0 Å². The number of hydrogen-bond acceptors (Lipinski definition) is 4. The zero-order chi connectivity index (χ0) is 9.26. The maximum absolute atomic E-state index is 9.55. The molecule has 0 aliphatic carbocycles. The second-order valence-electron chi connectivity index (χ2n) is 2.99. The van der Waals surface area contributed by atoms with E-state index in [2.05, 4.69) is 4.84 Å². The van der Waals surface area contributed by atoms with Crippen LogP contribution < -0.4 is 15.5 Å². The molecule has 0 atom stereocenters. The van der Waals surface area contributed by atoms with Gasteiger partial charge in [-0.2, -0.15) is 5.90 Å². The summed E-state index contributed by atoms with van der Waals surface area (Å²) in [5.74, 6) is 6.27. The van der Waals surface area contributed by atoms with Crippen LogP contribution >= 0.6 is 0 Å². The minimum Gasteiger partial charge on any atom is -0.507 e. The fourth-order valence-corrected chi connectivity index (χ4v) is 1.49. The molecule has 13 heavy (non-hydrogen) atoms. The first-order valence-corrected chi connectivity index (χ1v) is 4.16. The van der Waals surface area contributed by atoms with Crippen molar-refractivity contribution in [2.24, 2.45) is 5.90 Å². The van der Waals surface area contributed by atoms with Gasteiger partial charge in [0.2, 0.25) is 0 Å². The Morgan fingerprint density at radius 1 is 1.46 bits per heavy atom. The highest BCUT2D eigenvalue weighted by molar-refractivity contribution is 5.50. The van der Waals surface area contributed by atoms with E-state index in [-0.39, 0.29) is 5.75 Å². The fourth-order valence-electron chi connectivity index (χ4n) is 1.49. The first kappa shape index (κ1) is 8.19. The number of phenols is 1. The summed E-state index contributed by atoms with van der Waals surface area (Å²) in [6.45, 7) is 0.681. The van der Waals surface area contributed by atoms with Crippen molar-refractivity contribution >= 4 is 0 Å². The molecule has 70 valence electrons. The van der Waals surface area contributed by atoms with Crippen LogP contribution in [-0.2, 0) is 6.42 Å². The highest BCUT2D eigenvalue weighted by Crippen LogP contribution is 2.36. The van der Waals surface area contributed by atoms with Crippen molar-refractivity contribution in [3.05, 3.63) is 17.7 Å². The summed E-state index contributed by atoms with van der Waals surface area (Å²) in [4.78, 5) is 4.52. The van der Waals surface area contributed by atoms with Crippen LogP contribution in [0, 0.1) is 0 Å². The van der Waals surface area contributed by atoms with Crippen molar-refractivity contribution < 1.29 is 14.7 Å². The molecule has 3 N–H and O–H groups in total. The molecule has 0 spiro atoms. The molecule has 0 aromatic heterocycles. The number of hydrogen-bond donors (Lipinski definition) is 2. The Morgan fingerprint density at radius 2 is 2.31 bits per heavy atom. The van der Waals surface area contributed by atoms with Gasteiger partial charge in [-0.1, -0.05) is 0 Å². The average molecular weight is 181 g/mol. The van der Waals surface area contributed by atoms with Crippen LogP contribution in [0.5, 0.6) is 17.2 Å². The maximum atomic E-state index is 9.55. The topological polar surface area (TPSA) is 64.7 Å². The fraction of sp³-hybridized carbons (Fsp3) is 0.333. The quantitative estimate of drug-likeness (QED) is 0.633. The van der Waals surface area contributed by atoms with Crippen molar-refractivity contribution in [3.8, 4) is 17.2 Å². The molecule has 0 saturated heterocycles. The predicted octanol–water partition coefficient (Wildman–Crippen LogP) is 0.970. The molecule has 2 rings (SSSR count). The van der Waals surface area contributed by atoms with E-state index < -0.39 is 0 Å². The minimum absolute atomic E-state index is 0.192. The van der Waals surface area contributed by atoms with Gasteiger partial charge in [-0.05, 0) is 12.8 Å². The van der Waals surface area contributed by atoms with Crippen molar-refractivity contribution in [1.29, 1.82) is 0 Å². The van der Waals surface area contributed by atoms with E-state index in [0.29, 0.717) is 18.1 Å². The Morgan fingerprint density at radius 3 is 3.08 bits per heavy atom. The van der Waals surface area contributed by atoms with Crippen molar-refractivity contribution in [3.63, 3.8) is 0 Å². The van der Waals surface area contributed by atoms with Crippen LogP contribution in [0.2, 0.25) is 0 Å². The molecule has 4 nitrogen and oxygen atoms in total. The third-order valence-corrected chi connectivity index (χ3v) is 2.12. The van der Waals surface area contributed by atoms with E-state index in [9.17, 15) is 5.11 Å². The summed E-state index contributed by atoms with van der Waals surface area (Å²) in [6, 6.07) is 3.18. The Hall–Kier alpha value is -1.42. The highest BCUT2D eigenvalue weighted by atomic mass is 16.6. The van der Waals surface area contributed by atoms with Crippen molar-refractivity contribution in [1.82, 2.24) is 0 Å². The molecule has 1 aliphatic rings. The number of fused-ring (bicyclic) bond motifs is 1. The first-order chi connectivity index (χ1) is 6.31. The van der Waals surface area contributed by atoms with Crippen LogP contribution in [0.3, 0.4) is 0 Å². The highest BCUT2D eigenvalue weighted by Gasteiger charge is 2.15. The standard InChI is InChI=1S/C9H11NO3/c10-13-6-4-8(11)7-2-1-3-12-9(7)5-6/h4-5,11H,1-3,10H2. The van der Waals surface area contributed by atoms with Crippen LogP contribution in [0.25, 0.3) is 0 Å². The smallest absolute Gasteiger partial charge is 0.154 e. The van der Waals surface area contributed by atoms with Gasteiger partial charge in [-0.3, -0.25) is 0 Å². The molecule has 0 radical (unpaired) electrons. The Kier molecular flexibility index (Phi) is 1.98. The molecule has 0 fully saturated rings. The SMILES string of the molecule is NOc1cc(O)c2c(c1)OCCC2. The molecular formula is C9H11NO3. The molecule has 0 unspecified atom stereocenters. The molecule has 1 aromatic rings. The van der Waals surface area contributed by atoms with Crippen molar-refractivity contribution in [2.45, 2.75) is 12.8 Å². The van der Waals surface area contributed by atoms with Crippen molar-refractivity contribution in [2.75, 3.05) is 6.61 Å². The number of benzene rings is 1. The largest absolute Gasteiger partial charge is 0.507 e. The molecule has 1 heterocycles. The number of ether oxygens (including phenoxy) is 1. The molecule has 0 amide bonds. The molecular weight excluding hydrogens is 170 g/mol. The number of aromatic hydroxyl groups is 1. The lowest BCUT2D eigenvalue weighted by atomic mass is 10.1. The van der Waals surface area contributed by atoms with Gasteiger partial charge in [0.05, 0.1) is 6.61 Å². The third-order valence-electron chi connectivity index (χ3n) is 2.12. The van der Waals surface area contributed by atoms with Gasteiger partial charge in [-0.25, -0.2) is 0 Å². The predicted molar refractivity (Wildman–Crippen MR) is 46.7 cm³/mol. The van der Waals surface area contributed by atoms with Gasteiger partial charge in [0.25, 0.3) is 0 Å². The molecule has 0 saturated carbocycles. The van der Waals surface area contributed by atoms with Gasteiger partial charge in [0, 0.05) is 17.7 Å².